The molecule has 2 fully saturated rings. The molecule has 12 heteroatoms. The Hall–Kier alpha value is -3.56. The molecule has 5 rings (SSSR count). The summed E-state index contributed by atoms with van der Waals surface area (Å²) in [4.78, 5) is 42.7. The maximum absolute atomic E-state index is 13.4. The number of nitriles is 1. The smallest absolute Gasteiger partial charge is 0.328 e. The molecule has 0 aromatic carbocycles. The molecule has 2 aromatic rings. The minimum Gasteiger partial charge on any atom is -0.481 e. The first-order valence-electron chi connectivity index (χ1n) is 13.2. The van der Waals surface area contributed by atoms with Gasteiger partial charge in [0, 0.05) is 55.8 Å². The van der Waals surface area contributed by atoms with E-state index in [1.807, 2.05) is 34.7 Å². The highest BCUT2D eigenvalue weighted by Gasteiger charge is 2.29. The third-order valence-corrected chi connectivity index (χ3v) is 8.62. The monoisotopic (exact) mass is 550 g/mol. The molecule has 3 aliphatic rings. The second kappa shape index (κ2) is 11.7. The fraction of sp³-hybridized carbons (Fsp3) is 0.519. The number of methoxy groups -OCH3 is 1. The van der Waals surface area contributed by atoms with Crippen molar-refractivity contribution in [2.24, 2.45) is 0 Å². The number of thioether (sulfide) groups is 1. The van der Waals surface area contributed by atoms with Gasteiger partial charge in [0.15, 0.2) is 0 Å². The van der Waals surface area contributed by atoms with E-state index in [9.17, 15) is 14.9 Å². The van der Waals surface area contributed by atoms with Crippen LogP contribution in [0, 0.1) is 11.3 Å². The van der Waals surface area contributed by atoms with Gasteiger partial charge in [-0.25, -0.2) is 9.78 Å². The van der Waals surface area contributed by atoms with Gasteiger partial charge < -0.3 is 14.5 Å². The number of fused-ring (bicyclic) bond motifs is 1. The Balaban J connectivity index is 1.35. The highest BCUT2D eigenvalue weighted by Crippen LogP contribution is 2.33. The number of aryl methyl sites for hydroxylation is 1. The summed E-state index contributed by atoms with van der Waals surface area (Å²) >= 11 is 1.83. The number of piperazine rings is 1. The number of carbonyl (C=O) groups is 2. The highest BCUT2D eigenvalue weighted by molar-refractivity contribution is 7.99. The van der Waals surface area contributed by atoms with Gasteiger partial charge in [0.1, 0.15) is 17.7 Å². The zero-order valence-electron chi connectivity index (χ0n) is 22.6. The van der Waals surface area contributed by atoms with Crippen molar-refractivity contribution in [3.63, 3.8) is 0 Å². The minimum absolute atomic E-state index is 0.0803. The Morgan fingerprint density at radius 1 is 1.28 bits per heavy atom. The predicted molar refractivity (Wildman–Crippen MR) is 151 cm³/mol. The fourth-order valence-corrected chi connectivity index (χ4v) is 6.06. The lowest BCUT2D eigenvalue weighted by Gasteiger charge is -2.33. The summed E-state index contributed by atoms with van der Waals surface area (Å²) in [6.07, 6.45) is 6.25. The summed E-state index contributed by atoms with van der Waals surface area (Å²) in [5.74, 6) is 1.44. The highest BCUT2D eigenvalue weighted by atomic mass is 32.2. The van der Waals surface area contributed by atoms with Crippen LogP contribution in [0.15, 0.2) is 18.3 Å². The molecule has 0 saturated carbocycles. The molecule has 2 aromatic heterocycles. The van der Waals surface area contributed by atoms with Crippen molar-refractivity contribution in [3.8, 4) is 11.9 Å². The number of likely N-dealkylation sites (N-methyl/N-ethyl adjacent to an activating group) is 1. The summed E-state index contributed by atoms with van der Waals surface area (Å²) in [5.41, 5.74) is 3.07. The van der Waals surface area contributed by atoms with E-state index in [2.05, 4.69) is 27.5 Å². The molecule has 0 spiro atoms. The number of rotatable bonds is 6. The standard InChI is InChI=1S/C27H34N8O3S/c1-32-9-10-34(24(36)17-32)15-19-11-18-5-4-7-35(25(18)31-26(19)38-2)27(37)30-23-12-22(20(13-28)14-29-23)33-8-6-21(16-33)39-3/h11-12,14,21H,4-10,15-17H2,1-3H3,(H,29,30,37). The first-order valence-corrected chi connectivity index (χ1v) is 14.5. The Kier molecular flexibility index (Phi) is 8.09. The molecular formula is C27H34N8O3S. The van der Waals surface area contributed by atoms with E-state index in [-0.39, 0.29) is 11.9 Å². The summed E-state index contributed by atoms with van der Waals surface area (Å²) in [5, 5.41) is 13.1. The maximum Gasteiger partial charge on any atom is 0.328 e. The third-order valence-electron chi connectivity index (χ3n) is 7.57. The van der Waals surface area contributed by atoms with Gasteiger partial charge in [-0.1, -0.05) is 0 Å². The lowest BCUT2D eigenvalue weighted by Crippen LogP contribution is -2.48. The maximum atomic E-state index is 13.4. The number of anilines is 3. The van der Waals surface area contributed by atoms with Crippen LogP contribution >= 0.6 is 11.8 Å². The van der Waals surface area contributed by atoms with Crippen LogP contribution in [-0.4, -0.2) is 96.6 Å². The largest absolute Gasteiger partial charge is 0.481 e. The Morgan fingerprint density at radius 3 is 2.85 bits per heavy atom. The molecule has 3 amide bonds. The first kappa shape index (κ1) is 27.0. The second-order valence-corrected chi connectivity index (χ2v) is 11.3. The van der Waals surface area contributed by atoms with Gasteiger partial charge in [-0.15, -0.1) is 0 Å². The molecule has 0 bridgehead atoms. The van der Waals surface area contributed by atoms with Crippen molar-refractivity contribution in [2.75, 3.05) is 74.8 Å². The summed E-state index contributed by atoms with van der Waals surface area (Å²) in [6, 6.07) is 5.69. The summed E-state index contributed by atoms with van der Waals surface area (Å²) < 4.78 is 5.60. The van der Waals surface area contributed by atoms with Gasteiger partial charge in [-0.3, -0.25) is 19.9 Å². The van der Waals surface area contributed by atoms with Crippen molar-refractivity contribution in [3.05, 3.63) is 35.0 Å². The van der Waals surface area contributed by atoms with E-state index in [4.69, 9.17) is 9.72 Å². The summed E-state index contributed by atoms with van der Waals surface area (Å²) in [7, 11) is 3.50. The van der Waals surface area contributed by atoms with Crippen molar-refractivity contribution >= 4 is 41.0 Å². The molecule has 1 atom stereocenters. The van der Waals surface area contributed by atoms with Crippen molar-refractivity contribution in [1.82, 2.24) is 19.8 Å². The topological polar surface area (TPSA) is 118 Å². The zero-order valence-corrected chi connectivity index (χ0v) is 23.5. The van der Waals surface area contributed by atoms with Gasteiger partial charge in [0.25, 0.3) is 0 Å². The van der Waals surface area contributed by atoms with Gasteiger partial charge in [0.2, 0.25) is 11.8 Å². The van der Waals surface area contributed by atoms with E-state index >= 15 is 0 Å². The molecular weight excluding hydrogens is 516 g/mol. The van der Waals surface area contributed by atoms with Gasteiger partial charge >= 0.3 is 6.03 Å². The number of nitrogens with one attached hydrogen (secondary N) is 1. The number of urea groups is 1. The molecule has 1 unspecified atom stereocenters. The van der Waals surface area contributed by atoms with Gasteiger partial charge in [-0.2, -0.15) is 22.0 Å². The summed E-state index contributed by atoms with van der Waals surface area (Å²) in [6.45, 7) is 4.53. The predicted octanol–water partition coefficient (Wildman–Crippen LogP) is 2.56. The van der Waals surface area contributed by atoms with Gasteiger partial charge in [0.05, 0.1) is 31.5 Å². The Morgan fingerprint density at radius 2 is 2.13 bits per heavy atom. The van der Waals surface area contributed by atoms with Crippen LogP contribution in [0.4, 0.5) is 22.1 Å². The molecule has 2 saturated heterocycles. The van der Waals surface area contributed by atoms with Crippen LogP contribution in [0.25, 0.3) is 0 Å². The van der Waals surface area contributed by atoms with Crippen molar-refractivity contribution in [2.45, 2.75) is 31.1 Å². The average Bonchev–Trinajstić information content (AvgIpc) is 3.43. The van der Waals surface area contributed by atoms with Crippen molar-refractivity contribution in [1.29, 1.82) is 5.26 Å². The molecule has 11 nitrogen and oxygen atoms in total. The number of pyridine rings is 2. The van der Waals surface area contributed by atoms with Crippen molar-refractivity contribution < 1.29 is 14.3 Å². The quantitative estimate of drug-likeness (QED) is 0.579. The first-order chi connectivity index (χ1) is 18.9. The second-order valence-electron chi connectivity index (χ2n) is 10.2. The average molecular weight is 551 g/mol. The van der Waals surface area contributed by atoms with Crippen LogP contribution in [-0.2, 0) is 17.8 Å². The van der Waals surface area contributed by atoms with Crippen LogP contribution in [0.1, 0.15) is 29.5 Å². The molecule has 5 heterocycles. The Labute approximate surface area is 233 Å². The zero-order chi connectivity index (χ0) is 27.5. The normalized spacial score (nSPS) is 19.6. The van der Waals surface area contributed by atoms with Crippen LogP contribution < -0.4 is 19.9 Å². The SMILES string of the molecule is COc1nc2c(cc1CN1CCN(C)CC1=O)CCCN2C(=O)Nc1cc(N2CCC(SC)C2)c(C#N)cn1. The number of nitrogens with zero attached hydrogens (tertiary/aromatic N) is 7. The molecule has 1 N–H and O–H groups in total. The Bertz CT molecular complexity index is 1300. The molecule has 39 heavy (non-hydrogen) atoms. The van der Waals surface area contributed by atoms with Crippen LogP contribution in [0.3, 0.4) is 0 Å². The number of ether oxygens (including phenoxy) is 1. The molecule has 0 radical (unpaired) electrons. The number of hydrogen-bond acceptors (Lipinski definition) is 9. The molecule has 206 valence electrons. The van der Waals surface area contributed by atoms with E-state index in [1.165, 1.54) is 6.20 Å². The van der Waals surface area contributed by atoms with Crippen LogP contribution in [0.5, 0.6) is 5.88 Å². The van der Waals surface area contributed by atoms with E-state index < -0.39 is 0 Å². The lowest BCUT2D eigenvalue weighted by molar-refractivity contribution is -0.136. The van der Waals surface area contributed by atoms with E-state index in [0.29, 0.717) is 54.5 Å². The fourth-order valence-electron chi connectivity index (χ4n) is 5.39. The molecule has 0 aliphatic carbocycles. The number of amides is 3. The number of carbonyl (C=O) groups excluding carboxylic acids is 2. The third kappa shape index (κ3) is 5.74. The lowest BCUT2D eigenvalue weighted by atomic mass is 10.0. The minimum atomic E-state index is -0.334. The van der Waals surface area contributed by atoms with E-state index in [0.717, 1.165) is 55.7 Å². The number of hydrogen-bond donors (Lipinski definition) is 1. The van der Waals surface area contributed by atoms with E-state index in [1.54, 1.807) is 18.1 Å². The van der Waals surface area contributed by atoms with Crippen LogP contribution in [0.2, 0.25) is 0 Å². The number of aromatic nitrogens is 2. The molecule has 3 aliphatic heterocycles. The van der Waals surface area contributed by atoms with Gasteiger partial charge in [-0.05, 0) is 44.2 Å².